The summed E-state index contributed by atoms with van der Waals surface area (Å²) in [5, 5.41) is 16.0. The first-order valence-corrected chi connectivity index (χ1v) is 6.15. The van der Waals surface area contributed by atoms with Crippen molar-refractivity contribution in [2.75, 3.05) is 6.61 Å². The minimum Gasteiger partial charge on any atom is -0.394 e. The van der Waals surface area contributed by atoms with Crippen molar-refractivity contribution < 1.29 is 43.2 Å². The second-order valence-corrected chi connectivity index (χ2v) is 4.71. The molecule has 0 aromatic carbocycles. The van der Waals surface area contributed by atoms with Crippen LogP contribution in [0.3, 0.4) is 0 Å². The Labute approximate surface area is 79.5 Å². The van der Waals surface area contributed by atoms with Crippen molar-refractivity contribution in [3.8, 4) is 0 Å². The minimum absolute atomic E-state index is 0.139. The van der Waals surface area contributed by atoms with Gasteiger partial charge in [0.1, 0.15) is 0 Å². The molecule has 0 aliphatic rings. The monoisotopic (exact) mass is 254 g/mol. The van der Waals surface area contributed by atoms with E-state index in [9.17, 15) is 9.13 Å². The zero-order chi connectivity index (χ0) is 12.0. The van der Waals surface area contributed by atoms with E-state index in [1.54, 1.807) is 0 Å². The highest BCUT2D eigenvalue weighted by Crippen LogP contribution is 2.53. The standard InChI is InChI=1S/C3H8O2.H4O7P2/c1-3(5)2-4;1-8(2,3)7-9(4,5)6/h3-5H,2H2,1H3;(H2,1,2,3)(H2,4,5,6). The SMILES string of the molecule is CC(O)CO.O=P(O)(O)OP(=O)(O)O. The predicted octanol–water partition coefficient (Wildman–Crippen LogP) is -1.45. The molecule has 0 rings (SSSR count). The molecule has 14 heavy (non-hydrogen) atoms. The summed E-state index contributed by atoms with van der Waals surface area (Å²) in [6.45, 7) is 1.39. The van der Waals surface area contributed by atoms with Gasteiger partial charge in [0.15, 0.2) is 0 Å². The van der Waals surface area contributed by atoms with Crippen LogP contribution >= 0.6 is 15.6 Å². The van der Waals surface area contributed by atoms with Crippen LogP contribution in [0, 0.1) is 0 Å². The van der Waals surface area contributed by atoms with E-state index >= 15 is 0 Å². The van der Waals surface area contributed by atoms with E-state index in [0.29, 0.717) is 0 Å². The fourth-order valence-corrected chi connectivity index (χ4v) is 1.25. The molecule has 0 aliphatic carbocycles. The molecular weight excluding hydrogens is 242 g/mol. The number of rotatable bonds is 3. The smallest absolute Gasteiger partial charge is 0.394 e. The second kappa shape index (κ2) is 6.62. The Balaban J connectivity index is 0. The van der Waals surface area contributed by atoms with Gasteiger partial charge in [-0.05, 0) is 6.92 Å². The molecule has 1 unspecified atom stereocenters. The quantitative estimate of drug-likeness (QED) is 0.330. The molecule has 0 saturated heterocycles. The third-order valence-corrected chi connectivity index (χ3v) is 2.18. The number of aliphatic hydroxyl groups is 2. The summed E-state index contributed by atoms with van der Waals surface area (Å²) in [6.07, 6.45) is -0.560. The van der Waals surface area contributed by atoms with Crippen molar-refractivity contribution in [1.82, 2.24) is 0 Å². The van der Waals surface area contributed by atoms with E-state index in [2.05, 4.69) is 4.31 Å². The molecule has 11 heteroatoms. The maximum absolute atomic E-state index is 9.63. The molecule has 0 aromatic rings. The highest BCUT2D eigenvalue weighted by molar-refractivity contribution is 7.60. The summed E-state index contributed by atoms with van der Waals surface area (Å²) in [4.78, 5) is 31.0. The Hall–Kier alpha value is 0.180. The number of phosphoric acid groups is 2. The van der Waals surface area contributed by atoms with E-state index in [-0.39, 0.29) is 6.61 Å². The summed E-state index contributed by atoms with van der Waals surface area (Å²) in [7, 11) is -10.1. The van der Waals surface area contributed by atoms with Gasteiger partial charge in [0.25, 0.3) is 0 Å². The lowest BCUT2D eigenvalue weighted by atomic mass is 10.5. The summed E-state index contributed by atoms with van der Waals surface area (Å²) in [5.74, 6) is 0. The zero-order valence-electron chi connectivity index (χ0n) is 7.09. The van der Waals surface area contributed by atoms with Crippen molar-refractivity contribution >= 4 is 15.6 Å². The molecule has 1 atom stereocenters. The number of hydrogen-bond donors (Lipinski definition) is 6. The van der Waals surface area contributed by atoms with Gasteiger partial charge in [0.2, 0.25) is 0 Å². The van der Waals surface area contributed by atoms with Gasteiger partial charge in [-0.15, -0.1) is 0 Å². The highest BCUT2D eigenvalue weighted by atomic mass is 31.3. The van der Waals surface area contributed by atoms with E-state index in [1.165, 1.54) is 6.92 Å². The fraction of sp³-hybridized carbons (Fsp3) is 1.00. The van der Waals surface area contributed by atoms with Crippen LogP contribution in [0.5, 0.6) is 0 Å². The van der Waals surface area contributed by atoms with E-state index in [4.69, 9.17) is 29.8 Å². The number of hydrogen-bond acceptors (Lipinski definition) is 5. The van der Waals surface area contributed by atoms with Gasteiger partial charge in [0, 0.05) is 0 Å². The average molecular weight is 254 g/mol. The van der Waals surface area contributed by atoms with Crippen LogP contribution in [0.4, 0.5) is 0 Å². The molecule has 0 bridgehead atoms. The largest absolute Gasteiger partial charge is 0.478 e. The van der Waals surface area contributed by atoms with E-state index < -0.39 is 21.7 Å². The summed E-state index contributed by atoms with van der Waals surface area (Å²) >= 11 is 0. The maximum Gasteiger partial charge on any atom is 0.478 e. The van der Waals surface area contributed by atoms with E-state index in [1.807, 2.05) is 0 Å². The minimum atomic E-state index is -5.05. The van der Waals surface area contributed by atoms with Crippen molar-refractivity contribution in [1.29, 1.82) is 0 Å². The van der Waals surface area contributed by atoms with Crippen molar-refractivity contribution in [2.45, 2.75) is 13.0 Å². The van der Waals surface area contributed by atoms with Crippen LogP contribution in [0.2, 0.25) is 0 Å². The Morgan fingerprint density at radius 2 is 1.36 bits per heavy atom. The first-order chi connectivity index (χ1) is 5.98. The van der Waals surface area contributed by atoms with Crippen LogP contribution in [-0.2, 0) is 13.4 Å². The first kappa shape index (κ1) is 16.6. The van der Waals surface area contributed by atoms with Crippen LogP contribution in [0.1, 0.15) is 6.92 Å². The van der Waals surface area contributed by atoms with Crippen molar-refractivity contribution in [3.63, 3.8) is 0 Å². The van der Waals surface area contributed by atoms with Gasteiger partial charge in [-0.25, -0.2) is 9.13 Å². The Morgan fingerprint density at radius 1 is 1.14 bits per heavy atom. The summed E-state index contributed by atoms with van der Waals surface area (Å²) < 4.78 is 22.2. The molecule has 9 nitrogen and oxygen atoms in total. The summed E-state index contributed by atoms with van der Waals surface area (Å²) in [6, 6.07) is 0. The molecule has 0 amide bonds. The van der Waals surface area contributed by atoms with Gasteiger partial charge in [-0.1, -0.05) is 0 Å². The predicted molar refractivity (Wildman–Crippen MR) is 43.9 cm³/mol. The van der Waals surface area contributed by atoms with Crippen LogP contribution in [0.25, 0.3) is 0 Å². The lowest BCUT2D eigenvalue weighted by molar-refractivity contribution is 0.110. The zero-order valence-corrected chi connectivity index (χ0v) is 8.88. The van der Waals surface area contributed by atoms with Crippen LogP contribution < -0.4 is 0 Å². The molecule has 0 aliphatic heterocycles. The molecule has 6 N–H and O–H groups in total. The lowest BCUT2D eigenvalue weighted by Crippen LogP contribution is -2.03. The Bertz CT molecular complexity index is 204. The summed E-state index contributed by atoms with van der Waals surface area (Å²) in [5.41, 5.74) is 0. The normalized spacial score (nSPS) is 14.2. The Kier molecular flexibility index (Phi) is 7.86. The van der Waals surface area contributed by atoms with Gasteiger partial charge < -0.3 is 29.8 Å². The average Bonchev–Trinajstić information content (AvgIpc) is 1.80. The first-order valence-electron chi connectivity index (χ1n) is 3.09. The molecule has 0 saturated carbocycles. The molecule has 0 radical (unpaired) electrons. The van der Waals surface area contributed by atoms with Gasteiger partial charge in [-0.2, -0.15) is 4.31 Å². The Morgan fingerprint density at radius 3 is 1.36 bits per heavy atom. The fourth-order valence-electron chi connectivity index (χ4n) is 0.139. The third kappa shape index (κ3) is 22.8. The van der Waals surface area contributed by atoms with Gasteiger partial charge in [0.05, 0.1) is 12.7 Å². The maximum atomic E-state index is 9.63. The van der Waals surface area contributed by atoms with Crippen molar-refractivity contribution in [2.24, 2.45) is 0 Å². The van der Waals surface area contributed by atoms with Crippen molar-refractivity contribution in [3.05, 3.63) is 0 Å². The molecule has 0 spiro atoms. The third-order valence-electron chi connectivity index (χ3n) is 0.477. The van der Waals surface area contributed by atoms with Crippen LogP contribution in [0.15, 0.2) is 0 Å². The topological polar surface area (TPSA) is 165 Å². The van der Waals surface area contributed by atoms with Crippen LogP contribution in [-0.4, -0.2) is 42.5 Å². The molecule has 0 fully saturated rings. The molecule has 0 aromatic heterocycles. The molecular formula is C3H12O9P2. The second-order valence-electron chi connectivity index (χ2n) is 2.09. The highest BCUT2D eigenvalue weighted by Gasteiger charge is 2.27. The number of aliphatic hydroxyl groups excluding tert-OH is 2. The van der Waals surface area contributed by atoms with Gasteiger partial charge >= 0.3 is 15.6 Å². The molecule has 88 valence electrons. The van der Waals surface area contributed by atoms with E-state index in [0.717, 1.165) is 0 Å². The molecule has 0 heterocycles. The lowest BCUT2D eigenvalue weighted by Gasteiger charge is -2.03. The van der Waals surface area contributed by atoms with Gasteiger partial charge in [-0.3, -0.25) is 0 Å².